The zero-order valence-corrected chi connectivity index (χ0v) is 11.4. The largest absolute Gasteiger partial charge is 0.503 e. The van der Waals surface area contributed by atoms with E-state index in [1.807, 2.05) is 0 Å². The number of rotatable bonds is 5. The first-order chi connectivity index (χ1) is 9.70. The lowest BCUT2D eigenvalue weighted by atomic mass is 10.1. The molecular weight excluding hydrogens is 291 g/mol. The van der Waals surface area contributed by atoms with Gasteiger partial charge in [0.15, 0.2) is 17.4 Å². The average molecular weight is 305 g/mol. The number of phenols is 1. The fourth-order valence-electron chi connectivity index (χ4n) is 1.68. The fraction of sp³-hybridized carbons (Fsp3) is 0.385. The summed E-state index contributed by atoms with van der Waals surface area (Å²) >= 11 is 0. The molecule has 1 aromatic carbocycles. The van der Waals surface area contributed by atoms with Crippen LogP contribution in [0, 0.1) is 23.4 Å². The molecule has 21 heavy (non-hydrogen) atoms. The van der Waals surface area contributed by atoms with Crippen LogP contribution < -0.4 is 0 Å². The molecule has 0 saturated carbocycles. The van der Waals surface area contributed by atoms with E-state index < -0.39 is 46.6 Å². The molecule has 2 N–H and O–H groups in total. The van der Waals surface area contributed by atoms with Crippen molar-refractivity contribution in [3.05, 3.63) is 29.1 Å². The molecule has 0 aliphatic heterocycles. The normalized spacial score (nSPS) is 12.0. The molecule has 1 rings (SSSR count). The zero-order valence-electron chi connectivity index (χ0n) is 11.4. The summed E-state index contributed by atoms with van der Waals surface area (Å²) in [4.78, 5) is 23.8. The molecule has 0 aromatic heterocycles. The summed E-state index contributed by atoms with van der Waals surface area (Å²) in [6.07, 6.45) is 0. The fourth-order valence-corrected chi connectivity index (χ4v) is 1.68. The molecule has 8 heteroatoms. The number of carboxylic acids is 1. The van der Waals surface area contributed by atoms with Crippen molar-refractivity contribution in [2.24, 2.45) is 5.92 Å². The standard InChI is InChI=1S/C13H14F3NO4/c1-3-17(5-6(2)13(20)21)12(19)7-4-8(14)10(16)11(18)9(7)15/h4,6,18H,3,5H2,1-2H3,(H,20,21). The van der Waals surface area contributed by atoms with Gasteiger partial charge in [-0.25, -0.2) is 8.78 Å². The minimum Gasteiger partial charge on any atom is -0.503 e. The molecule has 1 amide bonds. The number of hydrogen-bond donors (Lipinski definition) is 2. The number of phenolic OH excluding ortho intramolecular Hbond substituents is 1. The third kappa shape index (κ3) is 3.45. The smallest absolute Gasteiger partial charge is 0.308 e. The van der Waals surface area contributed by atoms with Crippen LogP contribution in [-0.4, -0.2) is 40.1 Å². The number of hydrogen-bond acceptors (Lipinski definition) is 3. The van der Waals surface area contributed by atoms with E-state index in [9.17, 15) is 22.8 Å². The van der Waals surface area contributed by atoms with Crippen LogP contribution in [0.25, 0.3) is 0 Å². The van der Waals surface area contributed by atoms with Crippen molar-refractivity contribution < 1.29 is 33.0 Å². The van der Waals surface area contributed by atoms with E-state index in [1.54, 1.807) is 0 Å². The van der Waals surface area contributed by atoms with Crippen molar-refractivity contribution in [3.63, 3.8) is 0 Å². The van der Waals surface area contributed by atoms with Crippen LogP contribution >= 0.6 is 0 Å². The van der Waals surface area contributed by atoms with Crippen LogP contribution in [0.5, 0.6) is 5.75 Å². The number of nitrogens with zero attached hydrogens (tertiary/aromatic N) is 1. The Morgan fingerprint density at radius 2 is 1.86 bits per heavy atom. The predicted molar refractivity (Wildman–Crippen MR) is 66.4 cm³/mol. The predicted octanol–water partition coefficient (Wildman–Crippen LogP) is 1.99. The maximum absolute atomic E-state index is 13.7. The Kier molecular flexibility index (Phi) is 5.17. The molecule has 0 heterocycles. The van der Waals surface area contributed by atoms with Gasteiger partial charge in [-0.05, 0) is 13.0 Å². The van der Waals surface area contributed by atoms with E-state index in [0.29, 0.717) is 6.07 Å². The Balaban J connectivity index is 3.14. The summed E-state index contributed by atoms with van der Waals surface area (Å²) in [5, 5.41) is 17.9. The minimum atomic E-state index is -1.79. The summed E-state index contributed by atoms with van der Waals surface area (Å²) in [6.45, 7) is 2.67. The van der Waals surface area contributed by atoms with Crippen molar-refractivity contribution in [1.82, 2.24) is 4.90 Å². The number of benzene rings is 1. The number of halogens is 3. The second-order valence-electron chi connectivity index (χ2n) is 4.47. The molecule has 0 bridgehead atoms. The molecule has 0 aliphatic carbocycles. The van der Waals surface area contributed by atoms with E-state index in [2.05, 4.69) is 0 Å². The first-order valence-corrected chi connectivity index (χ1v) is 6.09. The third-order valence-corrected chi connectivity index (χ3v) is 2.95. The molecule has 0 spiro atoms. The highest BCUT2D eigenvalue weighted by atomic mass is 19.2. The van der Waals surface area contributed by atoms with E-state index in [0.717, 1.165) is 4.90 Å². The lowest BCUT2D eigenvalue weighted by Gasteiger charge is -2.23. The van der Waals surface area contributed by atoms with Crippen LogP contribution in [0.3, 0.4) is 0 Å². The third-order valence-electron chi connectivity index (χ3n) is 2.95. The van der Waals surface area contributed by atoms with E-state index in [4.69, 9.17) is 10.2 Å². The van der Waals surface area contributed by atoms with Gasteiger partial charge in [-0.15, -0.1) is 0 Å². The van der Waals surface area contributed by atoms with Gasteiger partial charge in [0.05, 0.1) is 11.5 Å². The van der Waals surface area contributed by atoms with E-state index in [-0.39, 0.29) is 13.1 Å². The Bertz CT molecular complexity index is 577. The zero-order chi connectivity index (χ0) is 16.3. The van der Waals surface area contributed by atoms with Gasteiger partial charge in [-0.1, -0.05) is 6.92 Å². The highest BCUT2D eigenvalue weighted by Gasteiger charge is 2.27. The quantitative estimate of drug-likeness (QED) is 0.816. The molecule has 0 radical (unpaired) electrons. The number of carboxylic acid groups (broad SMARTS) is 1. The second-order valence-corrected chi connectivity index (χ2v) is 4.47. The van der Waals surface area contributed by atoms with E-state index in [1.165, 1.54) is 13.8 Å². The van der Waals surface area contributed by atoms with Gasteiger partial charge in [0, 0.05) is 13.1 Å². The summed E-state index contributed by atoms with van der Waals surface area (Å²) in [6, 6.07) is 0.334. The summed E-state index contributed by atoms with van der Waals surface area (Å²) in [7, 11) is 0. The summed E-state index contributed by atoms with van der Waals surface area (Å²) in [5.41, 5.74) is -0.856. The van der Waals surface area contributed by atoms with Crippen LogP contribution in [0.15, 0.2) is 6.07 Å². The Morgan fingerprint density at radius 3 is 2.33 bits per heavy atom. The highest BCUT2D eigenvalue weighted by molar-refractivity contribution is 5.95. The lowest BCUT2D eigenvalue weighted by molar-refractivity contribution is -0.141. The van der Waals surface area contributed by atoms with Gasteiger partial charge in [0.1, 0.15) is 0 Å². The van der Waals surface area contributed by atoms with Gasteiger partial charge < -0.3 is 15.1 Å². The van der Waals surface area contributed by atoms with Crippen LogP contribution in [0.4, 0.5) is 13.2 Å². The van der Waals surface area contributed by atoms with Crippen molar-refractivity contribution in [2.45, 2.75) is 13.8 Å². The van der Waals surface area contributed by atoms with Gasteiger partial charge in [-0.3, -0.25) is 9.59 Å². The Morgan fingerprint density at radius 1 is 1.29 bits per heavy atom. The second kappa shape index (κ2) is 6.47. The maximum atomic E-state index is 13.7. The molecule has 5 nitrogen and oxygen atoms in total. The highest BCUT2D eigenvalue weighted by Crippen LogP contribution is 2.26. The van der Waals surface area contributed by atoms with Crippen LogP contribution in [0.2, 0.25) is 0 Å². The lowest BCUT2D eigenvalue weighted by Crippen LogP contribution is -2.37. The first-order valence-electron chi connectivity index (χ1n) is 6.09. The van der Waals surface area contributed by atoms with Crippen molar-refractivity contribution in [1.29, 1.82) is 0 Å². The average Bonchev–Trinajstić information content (AvgIpc) is 2.45. The number of carbonyl (C=O) groups excluding carboxylic acids is 1. The molecule has 1 aromatic rings. The Hall–Kier alpha value is -2.25. The summed E-state index contributed by atoms with van der Waals surface area (Å²) < 4.78 is 39.8. The first kappa shape index (κ1) is 16.8. The van der Waals surface area contributed by atoms with Crippen LogP contribution in [0.1, 0.15) is 24.2 Å². The number of amides is 1. The topological polar surface area (TPSA) is 77.8 Å². The molecule has 1 unspecified atom stereocenters. The molecule has 1 atom stereocenters. The molecule has 0 aliphatic rings. The Labute approximate surface area is 118 Å². The summed E-state index contributed by atoms with van der Waals surface area (Å²) in [5.74, 6) is -9.63. The minimum absolute atomic E-state index is 0.0374. The van der Waals surface area contributed by atoms with Crippen LogP contribution in [-0.2, 0) is 4.79 Å². The monoisotopic (exact) mass is 305 g/mol. The number of carbonyl (C=O) groups is 2. The van der Waals surface area contributed by atoms with Crippen molar-refractivity contribution in [2.75, 3.05) is 13.1 Å². The van der Waals surface area contributed by atoms with E-state index >= 15 is 0 Å². The maximum Gasteiger partial charge on any atom is 0.308 e. The number of aromatic hydroxyl groups is 1. The molecule has 0 saturated heterocycles. The van der Waals surface area contributed by atoms with Crippen molar-refractivity contribution >= 4 is 11.9 Å². The van der Waals surface area contributed by atoms with Gasteiger partial charge in [-0.2, -0.15) is 4.39 Å². The van der Waals surface area contributed by atoms with Gasteiger partial charge >= 0.3 is 5.97 Å². The number of aliphatic carboxylic acids is 1. The van der Waals surface area contributed by atoms with Crippen molar-refractivity contribution in [3.8, 4) is 5.75 Å². The van der Waals surface area contributed by atoms with Gasteiger partial charge in [0.25, 0.3) is 5.91 Å². The molecular formula is C13H14F3NO4. The van der Waals surface area contributed by atoms with Gasteiger partial charge in [0.2, 0.25) is 5.82 Å². The SMILES string of the molecule is CCN(CC(C)C(=O)O)C(=O)c1cc(F)c(F)c(O)c1F. The molecule has 0 fully saturated rings. The molecule has 116 valence electrons.